The third-order valence-corrected chi connectivity index (χ3v) is 5.43. The number of hydrogen-bond acceptors (Lipinski definition) is 4. The lowest BCUT2D eigenvalue weighted by Gasteiger charge is -2.24. The van der Waals surface area contributed by atoms with E-state index in [4.69, 9.17) is 4.74 Å². The van der Waals surface area contributed by atoms with E-state index >= 15 is 0 Å². The van der Waals surface area contributed by atoms with Crippen LogP contribution in [0.15, 0.2) is 73.1 Å². The Labute approximate surface area is 187 Å². The number of pyridine rings is 1. The molecule has 3 aromatic rings. The number of amides is 3. The van der Waals surface area contributed by atoms with Crippen LogP contribution < -0.4 is 20.3 Å². The highest BCUT2D eigenvalue weighted by Crippen LogP contribution is 2.37. The van der Waals surface area contributed by atoms with Gasteiger partial charge in [0.05, 0.1) is 12.3 Å². The molecule has 164 valence electrons. The molecule has 0 radical (unpaired) electrons. The van der Waals surface area contributed by atoms with Gasteiger partial charge in [0.25, 0.3) is 0 Å². The highest BCUT2D eigenvalue weighted by Gasteiger charge is 2.27. The number of carbonyl (C=O) groups excluding carboxylic acids is 2. The van der Waals surface area contributed by atoms with Crippen LogP contribution in [0.3, 0.4) is 0 Å². The normalized spacial score (nSPS) is 15.2. The summed E-state index contributed by atoms with van der Waals surface area (Å²) in [6.07, 6.45) is 3.77. The third-order valence-electron chi connectivity index (χ3n) is 5.43. The van der Waals surface area contributed by atoms with E-state index in [0.717, 1.165) is 16.8 Å². The van der Waals surface area contributed by atoms with Gasteiger partial charge in [-0.2, -0.15) is 0 Å². The second-order valence-corrected chi connectivity index (χ2v) is 7.62. The minimum Gasteiger partial charge on any atom is -0.491 e. The summed E-state index contributed by atoms with van der Waals surface area (Å²) in [5, 5.41) is 5.66. The van der Waals surface area contributed by atoms with Crippen LogP contribution in [0.4, 0.5) is 16.2 Å². The second kappa shape index (κ2) is 9.96. The Morgan fingerprint density at radius 1 is 1.09 bits per heavy atom. The summed E-state index contributed by atoms with van der Waals surface area (Å²) in [5.74, 6) is 0.671. The molecule has 1 unspecified atom stereocenters. The molecule has 2 aromatic carbocycles. The molecule has 7 heteroatoms. The van der Waals surface area contributed by atoms with Crippen LogP contribution in [0, 0.1) is 0 Å². The minimum atomic E-state index is -0.320. The van der Waals surface area contributed by atoms with Crippen molar-refractivity contribution < 1.29 is 14.3 Å². The predicted molar refractivity (Wildman–Crippen MR) is 124 cm³/mol. The van der Waals surface area contributed by atoms with Gasteiger partial charge in [0, 0.05) is 49.6 Å². The van der Waals surface area contributed by atoms with Gasteiger partial charge in [-0.15, -0.1) is 0 Å². The Hall–Kier alpha value is -3.87. The van der Waals surface area contributed by atoms with Crippen molar-refractivity contribution in [2.24, 2.45) is 0 Å². The van der Waals surface area contributed by atoms with Gasteiger partial charge in [-0.05, 0) is 35.4 Å². The molecule has 1 aromatic heterocycles. The topological polar surface area (TPSA) is 83.6 Å². The summed E-state index contributed by atoms with van der Waals surface area (Å²) in [6.45, 7) is 3.24. The molecular formula is C25H26N4O3. The standard InChI is InChI=1S/C25H26N4O3/c1-2-24(30)29-16-20(19-6-4-3-5-7-19)17-32-23-14-21(8-9-22(23)29)28-25(31)27-15-18-10-12-26-13-11-18/h3-14,20H,2,15-17H2,1H3,(H2,27,28,31). The Bertz CT molecular complexity index is 1070. The summed E-state index contributed by atoms with van der Waals surface area (Å²) in [4.78, 5) is 30.8. The van der Waals surface area contributed by atoms with Gasteiger partial charge in [0.1, 0.15) is 5.75 Å². The van der Waals surface area contributed by atoms with Crippen molar-refractivity contribution in [3.8, 4) is 5.75 Å². The largest absolute Gasteiger partial charge is 0.491 e. The molecule has 0 saturated carbocycles. The molecule has 0 fully saturated rings. The van der Waals surface area contributed by atoms with Crippen molar-refractivity contribution in [2.75, 3.05) is 23.4 Å². The maximum Gasteiger partial charge on any atom is 0.319 e. The highest BCUT2D eigenvalue weighted by atomic mass is 16.5. The van der Waals surface area contributed by atoms with E-state index in [9.17, 15) is 9.59 Å². The summed E-state index contributed by atoms with van der Waals surface area (Å²) < 4.78 is 6.12. The number of ether oxygens (including phenoxy) is 1. The van der Waals surface area contributed by atoms with Crippen LogP contribution in [0.2, 0.25) is 0 Å². The number of aromatic nitrogens is 1. The van der Waals surface area contributed by atoms with E-state index in [0.29, 0.717) is 37.6 Å². The average molecular weight is 431 g/mol. The zero-order valence-electron chi connectivity index (χ0n) is 18.0. The van der Waals surface area contributed by atoms with Gasteiger partial charge in [-0.25, -0.2) is 4.79 Å². The summed E-state index contributed by atoms with van der Waals surface area (Å²) in [6, 6.07) is 18.8. The summed E-state index contributed by atoms with van der Waals surface area (Å²) >= 11 is 0. The van der Waals surface area contributed by atoms with Crippen molar-refractivity contribution in [3.63, 3.8) is 0 Å². The Balaban J connectivity index is 1.50. The fourth-order valence-electron chi connectivity index (χ4n) is 3.70. The van der Waals surface area contributed by atoms with Gasteiger partial charge in [0.2, 0.25) is 5.91 Å². The molecule has 1 aliphatic rings. The molecule has 1 atom stereocenters. The number of fused-ring (bicyclic) bond motifs is 1. The van der Waals surface area contributed by atoms with E-state index < -0.39 is 0 Å². The summed E-state index contributed by atoms with van der Waals surface area (Å²) in [5.41, 5.74) is 3.40. The first-order valence-electron chi connectivity index (χ1n) is 10.7. The molecule has 0 spiro atoms. The molecule has 0 aliphatic carbocycles. The maximum atomic E-state index is 12.7. The predicted octanol–water partition coefficient (Wildman–Crippen LogP) is 4.32. The lowest BCUT2D eigenvalue weighted by Crippen LogP contribution is -2.34. The zero-order chi connectivity index (χ0) is 22.3. The van der Waals surface area contributed by atoms with Crippen molar-refractivity contribution in [2.45, 2.75) is 25.8 Å². The third kappa shape index (κ3) is 5.06. The van der Waals surface area contributed by atoms with Crippen LogP contribution in [-0.2, 0) is 11.3 Å². The van der Waals surface area contributed by atoms with Crippen LogP contribution >= 0.6 is 0 Å². The van der Waals surface area contributed by atoms with E-state index in [1.165, 1.54) is 0 Å². The Morgan fingerprint density at radius 3 is 2.62 bits per heavy atom. The van der Waals surface area contributed by atoms with Crippen LogP contribution in [0.25, 0.3) is 0 Å². The number of rotatable bonds is 5. The van der Waals surface area contributed by atoms with Crippen molar-refractivity contribution >= 4 is 23.3 Å². The number of nitrogens with one attached hydrogen (secondary N) is 2. The van der Waals surface area contributed by atoms with Crippen molar-refractivity contribution in [1.82, 2.24) is 10.3 Å². The molecule has 7 nitrogen and oxygen atoms in total. The molecule has 32 heavy (non-hydrogen) atoms. The van der Waals surface area contributed by atoms with Crippen molar-refractivity contribution in [1.29, 1.82) is 0 Å². The molecule has 1 aliphatic heterocycles. The quantitative estimate of drug-likeness (QED) is 0.631. The van der Waals surface area contributed by atoms with Crippen LogP contribution in [0.1, 0.15) is 30.4 Å². The molecule has 0 saturated heterocycles. The first kappa shape index (κ1) is 21.4. The number of anilines is 2. The molecule has 4 rings (SSSR count). The molecular weight excluding hydrogens is 404 g/mol. The van der Waals surface area contributed by atoms with Crippen LogP contribution in [-0.4, -0.2) is 30.1 Å². The number of nitrogens with zero attached hydrogens (tertiary/aromatic N) is 2. The van der Waals surface area contributed by atoms with Gasteiger partial charge in [0.15, 0.2) is 0 Å². The van der Waals surface area contributed by atoms with Crippen molar-refractivity contribution in [3.05, 3.63) is 84.2 Å². The monoisotopic (exact) mass is 430 g/mol. The first-order chi connectivity index (χ1) is 15.6. The van der Waals surface area contributed by atoms with Gasteiger partial charge in [-0.1, -0.05) is 37.3 Å². The lowest BCUT2D eigenvalue weighted by molar-refractivity contribution is -0.118. The van der Waals surface area contributed by atoms with E-state index in [-0.39, 0.29) is 17.9 Å². The Morgan fingerprint density at radius 2 is 1.88 bits per heavy atom. The highest BCUT2D eigenvalue weighted by molar-refractivity contribution is 5.96. The van der Waals surface area contributed by atoms with Gasteiger partial charge in [-0.3, -0.25) is 9.78 Å². The molecule has 0 bridgehead atoms. The number of benzene rings is 2. The second-order valence-electron chi connectivity index (χ2n) is 7.62. The fraction of sp³-hybridized carbons (Fsp3) is 0.240. The smallest absolute Gasteiger partial charge is 0.319 e. The van der Waals surface area contributed by atoms with E-state index in [1.54, 1.807) is 29.4 Å². The Kier molecular flexibility index (Phi) is 6.65. The zero-order valence-corrected chi connectivity index (χ0v) is 18.0. The SMILES string of the molecule is CCC(=O)N1CC(c2ccccc2)COc2cc(NC(=O)NCc3ccncc3)ccc21. The van der Waals surface area contributed by atoms with Gasteiger partial charge < -0.3 is 20.3 Å². The number of carbonyl (C=O) groups is 2. The molecule has 2 N–H and O–H groups in total. The molecule has 3 amide bonds. The molecule has 2 heterocycles. The van der Waals surface area contributed by atoms with Crippen LogP contribution in [0.5, 0.6) is 5.75 Å². The number of urea groups is 1. The minimum absolute atomic E-state index is 0.0356. The first-order valence-corrected chi connectivity index (χ1v) is 10.7. The maximum absolute atomic E-state index is 12.7. The van der Waals surface area contributed by atoms with Gasteiger partial charge >= 0.3 is 6.03 Å². The number of hydrogen-bond donors (Lipinski definition) is 2. The lowest BCUT2D eigenvalue weighted by atomic mass is 9.99. The van der Waals surface area contributed by atoms with E-state index in [1.807, 2.05) is 43.3 Å². The average Bonchev–Trinajstić information content (AvgIpc) is 3.03. The summed E-state index contributed by atoms with van der Waals surface area (Å²) in [7, 11) is 0. The van der Waals surface area contributed by atoms with E-state index in [2.05, 4.69) is 27.8 Å². The fourth-order valence-corrected chi connectivity index (χ4v) is 3.70.